The second-order valence-electron chi connectivity index (χ2n) is 3.96. The van der Waals surface area contributed by atoms with Crippen molar-refractivity contribution in [3.63, 3.8) is 0 Å². The van der Waals surface area contributed by atoms with Crippen molar-refractivity contribution in [2.45, 2.75) is 32.8 Å². The van der Waals surface area contributed by atoms with Crippen LogP contribution < -0.4 is 0 Å². The molecule has 0 unspecified atom stereocenters. The van der Waals surface area contributed by atoms with Crippen LogP contribution in [0.5, 0.6) is 0 Å². The van der Waals surface area contributed by atoms with Crippen LogP contribution in [0, 0.1) is 0 Å². The van der Waals surface area contributed by atoms with Gasteiger partial charge in [-0.15, -0.1) is 0 Å². The lowest BCUT2D eigenvalue weighted by Gasteiger charge is -2.22. The lowest BCUT2D eigenvalue weighted by atomic mass is 10.1. The van der Waals surface area contributed by atoms with E-state index in [-0.39, 0.29) is 5.60 Å². The van der Waals surface area contributed by atoms with Gasteiger partial charge in [0.25, 0.3) is 5.71 Å². The van der Waals surface area contributed by atoms with E-state index in [0.717, 1.165) is 5.76 Å². The first-order chi connectivity index (χ1) is 6.01. The van der Waals surface area contributed by atoms with Crippen molar-refractivity contribution in [2.24, 2.45) is 0 Å². The highest BCUT2D eigenvalue weighted by Crippen LogP contribution is 2.17. The molecule has 0 N–H and O–H groups in total. The zero-order valence-corrected chi connectivity index (χ0v) is 8.24. The van der Waals surface area contributed by atoms with E-state index in [1.54, 1.807) is 6.08 Å². The van der Waals surface area contributed by atoms with Gasteiger partial charge in [-0.3, -0.25) is 0 Å². The quantitative estimate of drug-likeness (QED) is 0.449. The molecule has 3 nitrogen and oxygen atoms in total. The smallest absolute Gasteiger partial charge is 0.299 e. The van der Waals surface area contributed by atoms with Crippen molar-refractivity contribution in [1.29, 1.82) is 0 Å². The summed E-state index contributed by atoms with van der Waals surface area (Å²) in [5.41, 5.74) is 8.97. The number of ether oxygens (including phenoxy) is 1. The van der Waals surface area contributed by atoms with Crippen LogP contribution in [0.25, 0.3) is 5.53 Å². The minimum atomic E-state index is -0.214. The van der Waals surface area contributed by atoms with E-state index < -0.39 is 0 Å². The second kappa shape index (κ2) is 3.58. The third kappa shape index (κ3) is 3.26. The van der Waals surface area contributed by atoms with Crippen LogP contribution in [0.3, 0.4) is 0 Å². The molecular weight excluding hydrogens is 164 g/mol. The summed E-state index contributed by atoms with van der Waals surface area (Å²) in [5, 5.41) is 0. The number of hydrogen-bond acceptors (Lipinski definition) is 1. The first-order valence-corrected chi connectivity index (χ1v) is 4.29. The molecule has 13 heavy (non-hydrogen) atoms. The molecule has 0 aromatic heterocycles. The summed E-state index contributed by atoms with van der Waals surface area (Å²) in [4.78, 5) is 3.14. The van der Waals surface area contributed by atoms with Crippen molar-refractivity contribution in [3.8, 4) is 0 Å². The van der Waals surface area contributed by atoms with Crippen LogP contribution in [-0.2, 0) is 4.74 Å². The van der Waals surface area contributed by atoms with Gasteiger partial charge >= 0.3 is 0 Å². The molecule has 0 aromatic rings. The molecule has 0 bridgehead atoms. The highest BCUT2D eigenvalue weighted by molar-refractivity contribution is 5.93. The third-order valence-electron chi connectivity index (χ3n) is 1.47. The van der Waals surface area contributed by atoms with Gasteiger partial charge in [-0.05, 0) is 26.8 Å². The fourth-order valence-electron chi connectivity index (χ4n) is 1.05. The molecular formula is C10H14N2O. The van der Waals surface area contributed by atoms with Crippen molar-refractivity contribution in [1.82, 2.24) is 0 Å². The molecule has 0 saturated carbocycles. The van der Waals surface area contributed by atoms with Crippen LogP contribution in [0.2, 0.25) is 0 Å². The highest BCUT2D eigenvalue weighted by Gasteiger charge is 2.16. The Morgan fingerprint density at radius 2 is 2.15 bits per heavy atom. The Morgan fingerprint density at radius 1 is 1.46 bits per heavy atom. The number of allylic oxidation sites excluding steroid dienone is 3. The Kier molecular flexibility index (Phi) is 2.69. The standard InChI is InChI=1S/C10H14N2O/c1-10(2,3)13-9-6-4-5-8(7-9)12-11/h4,6-7H,5H2,1-3H3. The molecule has 0 heterocycles. The molecule has 0 saturated heterocycles. The molecule has 0 spiro atoms. The van der Waals surface area contributed by atoms with Gasteiger partial charge in [0.15, 0.2) is 0 Å². The molecule has 3 heteroatoms. The van der Waals surface area contributed by atoms with Crippen LogP contribution in [0.4, 0.5) is 0 Å². The summed E-state index contributed by atoms with van der Waals surface area (Å²) in [7, 11) is 0. The van der Waals surface area contributed by atoms with Crippen molar-refractivity contribution < 1.29 is 9.53 Å². The van der Waals surface area contributed by atoms with E-state index in [1.807, 2.05) is 32.9 Å². The number of hydrogen-bond donors (Lipinski definition) is 0. The lowest BCUT2D eigenvalue weighted by molar-refractivity contribution is -0.00641. The van der Waals surface area contributed by atoms with E-state index in [9.17, 15) is 0 Å². The van der Waals surface area contributed by atoms with E-state index in [1.165, 1.54) is 0 Å². The Bertz CT molecular complexity index is 301. The minimum absolute atomic E-state index is 0.214. The maximum absolute atomic E-state index is 8.56. The Labute approximate surface area is 78.3 Å². The van der Waals surface area contributed by atoms with Gasteiger partial charge in [0.2, 0.25) is 0 Å². The number of nitrogens with zero attached hydrogens (tertiary/aromatic N) is 2. The first-order valence-electron chi connectivity index (χ1n) is 4.29. The van der Waals surface area contributed by atoms with Crippen molar-refractivity contribution in [3.05, 3.63) is 29.5 Å². The third-order valence-corrected chi connectivity index (χ3v) is 1.47. The average Bonchev–Trinajstić information content (AvgIpc) is 2.01. The van der Waals surface area contributed by atoms with Gasteiger partial charge in [-0.25, -0.2) is 0 Å². The predicted octanol–water partition coefficient (Wildman–Crippen LogP) is 2.32. The maximum atomic E-state index is 8.56. The molecule has 0 fully saturated rings. The van der Waals surface area contributed by atoms with Crippen LogP contribution in [0.1, 0.15) is 27.2 Å². The maximum Gasteiger partial charge on any atom is 0.299 e. The van der Waals surface area contributed by atoms with Gasteiger partial charge in [-0.1, -0.05) is 6.08 Å². The van der Waals surface area contributed by atoms with E-state index >= 15 is 0 Å². The number of rotatable bonds is 1. The molecule has 1 aliphatic carbocycles. The van der Waals surface area contributed by atoms with Crippen LogP contribution >= 0.6 is 0 Å². The summed E-state index contributed by atoms with van der Waals surface area (Å²) in [6.45, 7) is 5.93. The van der Waals surface area contributed by atoms with Gasteiger partial charge in [-0.2, -0.15) is 4.79 Å². The molecule has 1 rings (SSSR count). The molecule has 0 radical (unpaired) electrons. The topological polar surface area (TPSA) is 45.6 Å². The van der Waals surface area contributed by atoms with Gasteiger partial charge < -0.3 is 10.3 Å². The van der Waals surface area contributed by atoms with Gasteiger partial charge in [0.1, 0.15) is 11.4 Å². The summed E-state index contributed by atoms with van der Waals surface area (Å²) < 4.78 is 5.59. The second-order valence-corrected chi connectivity index (χ2v) is 3.96. The lowest BCUT2D eigenvalue weighted by Crippen LogP contribution is -2.19. The summed E-state index contributed by atoms with van der Waals surface area (Å²) in [6.07, 6.45) is 6.20. The SMILES string of the molecule is CC(C)(C)OC1=CC(=[N+]=[N-])CC=C1. The van der Waals surface area contributed by atoms with Crippen LogP contribution in [0.15, 0.2) is 24.0 Å². The summed E-state index contributed by atoms with van der Waals surface area (Å²) in [5.74, 6) is 0.742. The fraction of sp³-hybridized carbons (Fsp3) is 0.500. The summed E-state index contributed by atoms with van der Waals surface area (Å²) >= 11 is 0. The van der Waals surface area contributed by atoms with Gasteiger partial charge in [0, 0.05) is 0 Å². The van der Waals surface area contributed by atoms with E-state index in [0.29, 0.717) is 12.1 Å². The molecule has 0 aliphatic heterocycles. The normalized spacial score (nSPS) is 16.5. The summed E-state index contributed by atoms with van der Waals surface area (Å²) in [6, 6.07) is 0. The predicted molar refractivity (Wildman–Crippen MR) is 51.3 cm³/mol. The molecule has 0 aromatic carbocycles. The Hall–Kier alpha value is -1.34. The largest absolute Gasteiger partial charge is 0.488 e. The minimum Gasteiger partial charge on any atom is -0.488 e. The van der Waals surface area contributed by atoms with Crippen LogP contribution in [-0.4, -0.2) is 16.1 Å². The molecule has 0 amide bonds. The first kappa shape index (κ1) is 9.75. The molecule has 70 valence electrons. The Morgan fingerprint density at radius 3 is 2.69 bits per heavy atom. The van der Waals surface area contributed by atoms with E-state index in [4.69, 9.17) is 10.3 Å². The van der Waals surface area contributed by atoms with Gasteiger partial charge in [0.05, 0.1) is 12.5 Å². The molecule has 0 atom stereocenters. The zero-order valence-electron chi connectivity index (χ0n) is 8.24. The highest BCUT2D eigenvalue weighted by atomic mass is 16.5. The Balaban J connectivity index is 2.76. The average molecular weight is 178 g/mol. The van der Waals surface area contributed by atoms with Crippen molar-refractivity contribution in [2.75, 3.05) is 0 Å². The van der Waals surface area contributed by atoms with E-state index in [2.05, 4.69) is 4.79 Å². The molecule has 1 aliphatic rings. The fourth-order valence-corrected chi connectivity index (χ4v) is 1.05. The van der Waals surface area contributed by atoms with Crippen molar-refractivity contribution >= 4 is 5.71 Å². The monoisotopic (exact) mass is 178 g/mol. The zero-order chi connectivity index (χ0) is 9.90.